The van der Waals surface area contributed by atoms with Crippen LogP contribution in [-0.4, -0.2) is 31.1 Å². The van der Waals surface area contributed by atoms with Crippen LogP contribution in [0.4, 0.5) is 0 Å². The van der Waals surface area contributed by atoms with E-state index in [2.05, 4.69) is 61.4 Å². The van der Waals surface area contributed by atoms with Gasteiger partial charge in [0.1, 0.15) is 0 Å². The van der Waals surface area contributed by atoms with Gasteiger partial charge in [0, 0.05) is 18.6 Å². The second-order valence-corrected chi connectivity index (χ2v) is 6.17. The number of nitrogens with zero attached hydrogens (tertiary/aromatic N) is 1. The zero-order chi connectivity index (χ0) is 13.7. The molecule has 1 N–H and O–H groups in total. The molecule has 0 spiro atoms. The molecule has 1 aromatic rings. The molecule has 1 fully saturated rings. The highest BCUT2D eigenvalue weighted by molar-refractivity contribution is 5.19. The molecule has 1 aromatic carbocycles. The van der Waals surface area contributed by atoms with E-state index in [1.54, 1.807) is 0 Å². The molecule has 0 bridgehead atoms. The smallest absolute Gasteiger partial charge is 0.0344 e. The number of rotatable bonds is 5. The number of piperidine rings is 1. The van der Waals surface area contributed by atoms with Crippen LogP contribution in [0.1, 0.15) is 44.7 Å². The van der Waals surface area contributed by atoms with E-state index in [1.165, 1.54) is 31.4 Å². The van der Waals surface area contributed by atoms with E-state index < -0.39 is 0 Å². The minimum absolute atomic E-state index is 0.469. The monoisotopic (exact) mass is 260 g/mol. The molecule has 0 aliphatic carbocycles. The average molecular weight is 260 g/mol. The van der Waals surface area contributed by atoms with Crippen molar-refractivity contribution in [1.29, 1.82) is 0 Å². The van der Waals surface area contributed by atoms with Crippen molar-refractivity contribution in [1.82, 2.24) is 10.2 Å². The van der Waals surface area contributed by atoms with Crippen LogP contribution in [-0.2, 0) is 0 Å². The lowest BCUT2D eigenvalue weighted by atomic mass is 9.95. The first-order valence-electron chi connectivity index (χ1n) is 7.67. The van der Waals surface area contributed by atoms with Crippen molar-refractivity contribution in [2.75, 3.05) is 20.1 Å². The highest BCUT2D eigenvalue weighted by Crippen LogP contribution is 2.22. The van der Waals surface area contributed by atoms with Gasteiger partial charge in [-0.1, -0.05) is 50.6 Å². The van der Waals surface area contributed by atoms with Gasteiger partial charge in [-0.05, 0) is 37.9 Å². The first-order valence-corrected chi connectivity index (χ1v) is 7.67. The quantitative estimate of drug-likeness (QED) is 0.872. The zero-order valence-corrected chi connectivity index (χ0v) is 12.6. The Bertz CT molecular complexity index is 361. The van der Waals surface area contributed by atoms with Gasteiger partial charge in [0.15, 0.2) is 0 Å². The van der Waals surface area contributed by atoms with Crippen LogP contribution in [0.2, 0.25) is 0 Å². The zero-order valence-electron chi connectivity index (χ0n) is 12.6. The Morgan fingerprint density at radius 2 is 1.95 bits per heavy atom. The maximum absolute atomic E-state index is 3.79. The van der Waals surface area contributed by atoms with E-state index in [1.807, 2.05) is 0 Å². The summed E-state index contributed by atoms with van der Waals surface area (Å²) in [4.78, 5) is 2.51. The van der Waals surface area contributed by atoms with Gasteiger partial charge in [-0.3, -0.25) is 0 Å². The molecule has 0 radical (unpaired) electrons. The summed E-state index contributed by atoms with van der Waals surface area (Å²) in [5.74, 6) is 0.622. The molecule has 2 atom stereocenters. The molecule has 1 saturated heterocycles. The first kappa shape index (κ1) is 14.5. The lowest BCUT2D eigenvalue weighted by Crippen LogP contribution is -2.44. The van der Waals surface area contributed by atoms with E-state index in [0.717, 1.165) is 6.54 Å². The summed E-state index contributed by atoms with van der Waals surface area (Å²) in [7, 11) is 2.26. The number of likely N-dealkylation sites (tertiary alicyclic amines) is 1. The summed E-state index contributed by atoms with van der Waals surface area (Å²) in [6.07, 6.45) is 4.08. The van der Waals surface area contributed by atoms with Gasteiger partial charge in [-0.2, -0.15) is 0 Å². The van der Waals surface area contributed by atoms with Crippen molar-refractivity contribution in [3.63, 3.8) is 0 Å². The first-order chi connectivity index (χ1) is 9.18. The third-order valence-electron chi connectivity index (χ3n) is 4.32. The maximum atomic E-state index is 3.79. The van der Waals surface area contributed by atoms with Crippen LogP contribution in [0.15, 0.2) is 30.3 Å². The molecular weight excluding hydrogens is 232 g/mol. The van der Waals surface area contributed by atoms with Gasteiger partial charge < -0.3 is 10.2 Å². The third-order valence-corrected chi connectivity index (χ3v) is 4.32. The predicted molar refractivity (Wildman–Crippen MR) is 82.3 cm³/mol. The fourth-order valence-corrected chi connectivity index (χ4v) is 3.06. The Morgan fingerprint density at radius 1 is 1.21 bits per heavy atom. The van der Waals surface area contributed by atoms with Crippen LogP contribution in [0.3, 0.4) is 0 Å². The molecular formula is C17H28N2. The van der Waals surface area contributed by atoms with Crippen LogP contribution in [0.5, 0.6) is 0 Å². The van der Waals surface area contributed by atoms with Crippen LogP contribution >= 0.6 is 0 Å². The number of likely N-dealkylation sites (N-methyl/N-ethyl adjacent to an activating group) is 1. The molecule has 1 heterocycles. The topological polar surface area (TPSA) is 15.3 Å². The number of benzene rings is 1. The molecule has 19 heavy (non-hydrogen) atoms. The summed E-state index contributed by atoms with van der Waals surface area (Å²) >= 11 is 0. The van der Waals surface area contributed by atoms with Crippen molar-refractivity contribution in [3.05, 3.63) is 35.9 Å². The largest absolute Gasteiger partial charge is 0.308 e. The second-order valence-electron chi connectivity index (χ2n) is 6.17. The highest BCUT2D eigenvalue weighted by Gasteiger charge is 2.21. The standard InChI is InChI=1S/C17H28N2/c1-14(2)17(15-9-5-4-6-10-15)18-13-16-11-7-8-12-19(16)3/h4-6,9-10,14,16-18H,7-8,11-13H2,1-3H3. The summed E-state index contributed by atoms with van der Waals surface area (Å²) < 4.78 is 0. The molecule has 2 heteroatoms. The number of nitrogens with one attached hydrogen (secondary N) is 1. The lowest BCUT2D eigenvalue weighted by molar-refractivity contribution is 0.174. The van der Waals surface area contributed by atoms with Gasteiger partial charge in [0.2, 0.25) is 0 Å². The highest BCUT2D eigenvalue weighted by atomic mass is 15.2. The fraction of sp³-hybridized carbons (Fsp3) is 0.647. The van der Waals surface area contributed by atoms with E-state index in [-0.39, 0.29) is 0 Å². The van der Waals surface area contributed by atoms with Gasteiger partial charge in [0.05, 0.1) is 0 Å². The van der Waals surface area contributed by atoms with Crippen LogP contribution in [0, 0.1) is 5.92 Å². The normalized spacial score (nSPS) is 22.6. The third kappa shape index (κ3) is 4.05. The molecule has 0 saturated carbocycles. The minimum Gasteiger partial charge on any atom is -0.308 e. The van der Waals surface area contributed by atoms with Crippen molar-refractivity contribution < 1.29 is 0 Å². The van der Waals surface area contributed by atoms with Gasteiger partial charge in [0.25, 0.3) is 0 Å². The fourth-order valence-electron chi connectivity index (χ4n) is 3.06. The van der Waals surface area contributed by atoms with Gasteiger partial charge >= 0.3 is 0 Å². The number of hydrogen-bond donors (Lipinski definition) is 1. The van der Waals surface area contributed by atoms with E-state index >= 15 is 0 Å². The van der Waals surface area contributed by atoms with E-state index in [4.69, 9.17) is 0 Å². The predicted octanol–water partition coefficient (Wildman–Crippen LogP) is 3.46. The second kappa shape index (κ2) is 7.06. The van der Waals surface area contributed by atoms with E-state index in [9.17, 15) is 0 Å². The molecule has 1 aliphatic heterocycles. The summed E-state index contributed by atoms with van der Waals surface area (Å²) in [6, 6.07) is 12.0. The van der Waals surface area contributed by atoms with E-state index in [0.29, 0.717) is 18.0 Å². The molecule has 0 aromatic heterocycles. The Balaban J connectivity index is 1.94. The Morgan fingerprint density at radius 3 is 2.58 bits per heavy atom. The Labute approximate surface area is 118 Å². The Hall–Kier alpha value is -0.860. The summed E-state index contributed by atoms with van der Waals surface area (Å²) in [5, 5.41) is 3.79. The molecule has 106 valence electrons. The van der Waals surface area contributed by atoms with Crippen LogP contribution in [0.25, 0.3) is 0 Å². The van der Waals surface area contributed by atoms with Crippen molar-refractivity contribution in [2.45, 2.75) is 45.2 Å². The SMILES string of the molecule is CC(C)C(NCC1CCCCN1C)c1ccccc1. The number of hydrogen-bond acceptors (Lipinski definition) is 2. The average Bonchev–Trinajstić information content (AvgIpc) is 2.42. The minimum atomic E-state index is 0.469. The summed E-state index contributed by atoms with van der Waals surface area (Å²) in [5.41, 5.74) is 1.41. The van der Waals surface area contributed by atoms with Crippen molar-refractivity contribution in [2.24, 2.45) is 5.92 Å². The van der Waals surface area contributed by atoms with Gasteiger partial charge in [-0.25, -0.2) is 0 Å². The molecule has 2 rings (SSSR count). The molecule has 2 unspecified atom stereocenters. The maximum Gasteiger partial charge on any atom is 0.0344 e. The lowest BCUT2D eigenvalue weighted by Gasteiger charge is -2.34. The molecule has 0 amide bonds. The van der Waals surface area contributed by atoms with Crippen LogP contribution < -0.4 is 5.32 Å². The van der Waals surface area contributed by atoms with Gasteiger partial charge in [-0.15, -0.1) is 0 Å². The summed E-state index contributed by atoms with van der Waals surface area (Å²) in [6.45, 7) is 6.96. The molecule has 2 nitrogen and oxygen atoms in total. The molecule has 1 aliphatic rings. The Kier molecular flexibility index (Phi) is 5.41. The van der Waals surface area contributed by atoms with Crippen molar-refractivity contribution in [3.8, 4) is 0 Å². The van der Waals surface area contributed by atoms with Crippen molar-refractivity contribution >= 4 is 0 Å².